The predicted octanol–water partition coefficient (Wildman–Crippen LogP) is 4.26. The van der Waals surface area contributed by atoms with Gasteiger partial charge >= 0.3 is 0 Å². The number of carbonyl (C=O) groups excluding carboxylic acids is 1. The van der Waals surface area contributed by atoms with E-state index in [-0.39, 0.29) is 11.5 Å². The van der Waals surface area contributed by atoms with E-state index in [1.807, 2.05) is 67.7 Å². The molecule has 0 fully saturated rings. The molecule has 5 nitrogen and oxygen atoms in total. The van der Waals surface area contributed by atoms with Crippen LogP contribution in [0.2, 0.25) is 0 Å². The fraction of sp³-hybridized carbons (Fsp3) is 0.182. The summed E-state index contributed by atoms with van der Waals surface area (Å²) >= 11 is 3.52. The number of aromatic amines is 1. The number of anilines is 1. The molecule has 3 rings (SSSR count). The van der Waals surface area contributed by atoms with E-state index in [1.165, 1.54) is 0 Å². The van der Waals surface area contributed by atoms with Crippen molar-refractivity contribution in [1.82, 2.24) is 10.3 Å². The number of amides is 1. The molecule has 0 spiro atoms. The molecule has 0 bridgehead atoms. The number of fused-ring (bicyclic) bond motifs is 1. The highest BCUT2D eigenvalue weighted by Crippen LogP contribution is 2.26. The van der Waals surface area contributed by atoms with Gasteiger partial charge in [0.2, 0.25) is 0 Å². The molecule has 0 aliphatic heterocycles. The van der Waals surface area contributed by atoms with Crippen molar-refractivity contribution in [1.29, 1.82) is 5.26 Å². The maximum Gasteiger partial charge on any atom is 0.261 e. The van der Waals surface area contributed by atoms with Crippen molar-refractivity contribution in [2.45, 2.75) is 6.42 Å². The molecule has 0 aliphatic carbocycles. The number of para-hydroxylation sites is 1. The summed E-state index contributed by atoms with van der Waals surface area (Å²) in [5.74, 6) is -0.366. The van der Waals surface area contributed by atoms with Crippen LogP contribution < -0.4 is 10.2 Å². The van der Waals surface area contributed by atoms with Gasteiger partial charge in [0.25, 0.3) is 5.91 Å². The van der Waals surface area contributed by atoms with Crippen LogP contribution in [-0.4, -0.2) is 31.5 Å². The van der Waals surface area contributed by atoms with Crippen molar-refractivity contribution in [3.05, 3.63) is 69.8 Å². The molecule has 0 unspecified atom stereocenters. The second-order valence-corrected chi connectivity index (χ2v) is 7.49. The van der Waals surface area contributed by atoms with Crippen molar-refractivity contribution in [2.24, 2.45) is 0 Å². The Morgan fingerprint density at radius 3 is 2.79 bits per heavy atom. The summed E-state index contributed by atoms with van der Waals surface area (Å²) < 4.78 is 0.906. The Balaban J connectivity index is 1.66. The van der Waals surface area contributed by atoms with Gasteiger partial charge in [-0.05, 0) is 57.8 Å². The van der Waals surface area contributed by atoms with Crippen LogP contribution >= 0.6 is 15.9 Å². The van der Waals surface area contributed by atoms with E-state index < -0.39 is 0 Å². The van der Waals surface area contributed by atoms with E-state index in [9.17, 15) is 10.1 Å². The van der Waals surface area contributed by atoms with Crippen molar-refractivity contribution in [2.75, 3.05) is 25.5 Å². The zero-order valence-electron chi connectivity index (χ0n) is 15.8. The summed E-state index contributed by atoms with van der Waals surface area (Å²) in [6.07, 6.45) is 4.25. The monoisotopic (exact) mass is 436 g/mol. The molecule has 1 heterocycles. The number of rotatable bonds is 6. The minimum Gasteiger partial charge on any atom is -0.377 e. The molecule has 142 valence electrons. The Kier molecular flexibility index (Phi) is 6.17. The Morgan fingerprint density at radius 1 is 1.29 bits per heavy atom. The molecule has 2 aromatic carbocycles. The number of benzene rings is 2. The highest BCUT2D eigenvalue weighted by atomic mass is 79.9. The lowest BCUT2D eigenvalue weighted by molar-refractivity contribution is -0.117. The number of nitrogens with one attached hydrogen (secondary N) is 2. The average Bonchev–Trinajstić information content (AvgIpc) is 3.09. The molecule has 1 amide bonds. The molecule has 3 aromatic rings. The van der Waals surface area contributed by atoms with Gasteiger partial charge in [0.1, 0.15) is 11.6 Å². The van der Waals surface area contributed by atoms with Gasteiger partial charge in [0.15, 0.2) is 0 Å². The SMILES string of the molecule is CN(C)c1ccc(/C=C(/C#N)C(=O)NCCc2c[nH]c3ccccc23)cc1Br. The van der Waals surface area contributed by atoms with Gasteiger partial charge in [-0.3, -0.25) is 4.79 Å². The quantitative estimate of drug-likeness (QED) is 0.447. The van der Waals surface area contributed by atoms with Crippen LogP contribution in [0, 0.1) is 11.3 Å². The predicted molar refractivity (Wildman–Crippen MR) is 117 cm³/mol. The largest absolute Gasteiger partial charge is 0.377 e. The molecule has 2 N–H and O–H groups in total. The maximum atomic E-state index is 12.4. The molecule has 6 heteroatoms. The van der Waals surface area contributed by atoms with Gasteiger partial charge in [-0.25, -0.2) is 0 Å². The second-order valence-electron chi connectivity index (χ2n) is 6.64. The fourth-order valence-electron chi connectivity index (χ4n) is 3.04. The van der Waals surface area contributed by atoms with E-state index >= 15 is 0 Å². The summed E-state index contributed by atoms with van der Waals surface area (Å²) in [7, 11) is 3.91. The van der Waals surface area contributed by atoms with Gasteiger partial charge in [0, 0.05) is 42.2 Å². The molecule has 0 atom stereocenters. The Hall–Kier alpha value is -3.04. The van der Waals surface area contributed by atoms with Gasteiger partial charge in [-0.15, -0.1) is 0 Å². The highest BCUT2D eigenvalue weighted by Gasteiger charge is 2.10. The van der Waals surface area contributed by atoms with Crippen LogP contribution in [0.15, 0.2) is 58.7 Å². The van der Waals surface area contributed by atoms with Gasteiger partial charge < -0.3 is 15.2 Å². The standard InChI is InChI=1S/C22H21BrN4O/c1-27(2)21-8-7-15(12-19(21)23)11-17(13-24)22(28)25-10-9-16-14-26-20-6-4-3-5-18(16)20/h3-8,11-12,14,26H,9-10H2,1-2H3,(H,25,28)/b17-11-. The van der Waals surface area contributed by atoms with Crippen LogP contribution in [0.3, 0.4) is 0 Å². The number of aromatic nitrogens is 1. The van der Waals surface area contributed by atoms with Crippen LogP contribution in [0.25, 0.3) is 17.0 Å². The lowest BCUT2D eigenvalue weighted by Gasteiger charge is -2.14. The zero-order chi connectivity index (χ0) is 20.1. The zero-order valence-corrected chi connectivity index (χ0v) is 17.4. The number of carbonyl (C=O) groups is 1. The van der Waals surface area contributed by atoms with Crippen LogP contribution in [0.5, 0.6) is 0 Å². The number of H-pyrrole nitrogens is 1. The number of nitrogens with zero attached hydrogens (tertiary/aromatic N) is 2. The third kappa shape index (κ3) is 4.44. The van der Waals surface area contributed by atoms with Gasteiger partial charge in [-0.2, -0.15) is 5.26 Å². The third-order valence-corrected chi connectivity index (χ3v) is 5.12. The number of halogens is 1. The first kappa shape index (κ1) is 19.7. The lowest BCUT2D eigenvalue weighted by Crippen LogP contribution is -2.26. The van der Waals surface area contributed by atoms with Crippen LogP contribution in [0.1, 0.15) is 11.1 Å². The molecule has 1 aromatic heterocycles. The van der Waals surface area contributed by atoms with E-state index in [1.54, 1.807) is 6.08 Å². The third-order valence-electron chi connectivity index (χ3n) is 4.48. The topological polar surface area (TPSA) is 71.9 Å². The molecule has 0 radical (unpaired) electrons. The molecular weight excluding hydrogens is 416 g/mol. The number of hydrogen-bond acceptors (Lipinski definition) is 3. The highest BCUT2D eigenvalue weighted by molar-refractivity contribution is 9.10. The van der Waals surface area contributed by atoms with E-state index in [0.29, 0.717) is 13.0 Å². The Labute approximate surface area is 172 Å². The minimum absolute atomic E-state index is 0.0865. The van der Waals surface area contributed by atoms with Crippen molar-refractivity contribution in [3.8, 4) is 6.07 Å². The Bertz CT molecular complexity index is 1080. The van der Waals surface area contributed by atoms with Crippen LogP contribution in [-0.2, 0) is 11.2 Å². The Morgan fingerprint density at radius 2 is 2.07 bits per heavy atom. The first-order valence-electron chi connectivity index (χ1n) is 8.91. The first-order chi connectivity index (χ1) is 13.5. The van der Waals surface area contributed by atoms with Crippen LogP contribution in [0.4, 0.5) is 5.69 Å². The molecule has 0 saturated heterocycles. The number of hydrogen-bond donors (Lipinski definition) is 2. The smallest absolute Gasteiger partial charge is 0.261 e. The van der Waals surface area contributed by atoms with E-state index in [0.717, 1.165) is 32.2 Å². The van der Waals surface area contributed by atoms with Crippen molar-refractivity contribution >= 4 is 44.5 Å². The first-order valence-corrected chi connectivity index (χ1v) is 9.70. The second kappa shape index (κ2) is 8.77. The lowest BCUT2D eigenvalue weighted by atomic mass is 10.1. The normalized spacial score (nSPS) is 11.3. The molecule has 0 aliphatic rings. The average molecular weight is 437 g/mol. The van der Waals surface area contributed by atoms with Crippen molar-refractivity contribution in [3.63, 3.8) is 0 Å². The summed E-state index contributed by atoms with van der Waals surface area (Å²) in [6.45, 7) is 0.461. The molecule has 28 heavy (non-hydrogen) atoms. The van der Waals surface area contributed by atoms with Crippen molar-refractivity contribution < 1.29 is 4.79 Å². The van der Waals surface area contributed by atoms with E-state index in [4.69, 9.17) is 0 Å². The minimum atomic E-state index is -0.366. The summed E-state index contributed by atoms with van der Waals surface area (Å²) in [5.41, 5.74) is 4.12. The molecular formula is C22H21BrN4O. The summed E-state index contributed by atoms with van der Waals surface area (Å²) in [6, 6.07) is 15.8. The maximum absolute atomic E-state index is 12.4. The number of nitriles is 1. The van der Waals surface area contributed by atoms with Gasteiger partial charge in [0.05, 0.1) is 5.69 Å². The summed E-state index contributed by atoms with van der Waals surface area (Å²) in [5, 5.41) is 13.4. The molecule has 0 saturated carbocycles. The fourth-order valence-corrected chi connectivity index (χ4v) is 3.79. The van der Waals surface area contributed by atoms with E-state index in [2.05, 4.69) is 32.3 Å². The van der Waals surface area contributed by atoms with Gasteiger partial charge in [-0.1, -0.05) is 24.3 Å². The summed E-state index contributed by atoms with van der Waals surface area (Å²) in [4.78, 5) is 17.6.